The van der Waals surface area contributed by atoms with Crippen molar-refractivity contribution < 1.29 is 5.11 Å². The SMILES string of the molecule is Oc1ccc2c(c1)C(Nc1ccc(Br)nc1)CCC2. The van der Waals surface area contributed by atoms with Crippen LogP contribution in [0.3, 0.4) is 0 Å². The first kappa shape index (κ1) is 12.5. The standard InChI is InChI=1S/C15H15BrN2O/c16-15-7-5-11(9-17-15)18-14-3-1-2-10-4-6-12(19)8-13(10)14/h4-9,14,18-19H,1-3H2. The number of halogens is 1. The molecule has 0 radical (unpaired) electrons. The van der Waals surface area contributed by atoms with Crippen LogP contribution in [-0.2, 0) is 6.42 Å². The molecule has 2 aromatic rings. The first-order valence-corrected chi connectivity index (χ1v) is 7.21. The largest absolute Gasteiger partial charge is 0.508 e. The van der Waals surface area contributed by atoms with Gasteiger partial charge in [-0.25, -0.2) is 4.98 Å². The smallest absolute Gasteiger partial charge is 0.115 e. The van der Waals surface area contributed by atoms with Gasteiger partial charge in [0, 0.05) is 0 Å². The Morgan fingerprint density at radius 1 is 1.26 bits per heavy atom. The van der Waals surface area contributed by atoms with E-state index in [1.807, 2.05) is 30.5 Å². The highest BCUT2D eigenvalue weighted by Crippen LogP contribution is 2.34. The third kappa shape index (κ3) is 2.73. The zero-order valence-corrected chi connectivity index (χ0v) is 12.0. The van der Waals surface area contributed by atoms with Crippen molar-refractivity contribution in [3.8, 4) is 5.75 Å². The van der Waals surface area contributed by atoms with Crippen molar-refractivity contribution in [3.05, 3.63) is 52.3 Å². The number of phenols is 1. The lowest BCUT2D eigenvalue weighted by Gasteiger charge is -2.27. The minimum absolute atomic E-state index is 0.249. The average molecular weight is 319 g/mol. The number of aryl methyl sites for hydroxylation is 1. The molecule has 1 aliphatic rings. The van der Waals surface area contributed by atoms with Gasteiger partial charge in [-0.3, -0.25) is 0 Å². The van der Waals surface area contributed by atoms with E-state index in [1.54, 1.807) is 6.07 Å². The zero-order chi connectivity index (χ0) is 13.2. The maximum Gasteiger partial charge on any atom is 0.115 e. The van der Waals surface area contributed by atoms with Crippen molar-refractivity contribution >= 4 is 21.6 Å². The molecule has 19 heavy (non-hydrogen) atoms. The normalized spacial score (nSPS) is 17.8. The second-order valence-corrected chi connectivity index (χ2v) is 5.65. The predicted octanol–water partition coefficient (Wildman–Crippen LogP) is 4.04. The van der Waals surface area contributed by atoms with Crippen LogP contribution in [0.2, 0.25) is 0 Å². The molecule has 0 saturated carbocycles. The molecule has 2 N–H and O–H groups in total. The van der Waals surface area contributed by atoms with E-state index in [-0.39, 0.29) is 6.04 Å². The lowest BCUT2D eigenvalue weighted by molar-refractivity contribution is 0.471. The molecule has 98 valence electrons. The summed E-state index contributed by atoms with van der Waals surface area (Å²) in [5.74, 6) is 0.335. The van der Waals surface area contributed by atoms with Crippen LogP contribution < -0.4 is 5.32 Å². The summed E-state index contributed by atoms with van der Waals surface area (Å²) in [6.07, 6.45) is 5.15. The number of nitrogens with one attached hydrogen (secondary N) is 1. The number of hydrogen-bond donors (Lipinski definition) is 2. The van der Waals surface area contributed by atoms with Gasteiger partial charge in [0.15, 0.2) is 0 Å². The Labute approximate surface area is 120 Å². The summed E-state index contributed by atoms with van der Waals surface area (Å²) in [5, 5.41) is 13.2. The number of rotatable bonds is 2. The molecule has 1 heterocycles. The number of hydrogen-bond acceptors (Lipinski definition) is 3. The van der Waals surface area contributed by atoms with Gasteiger partial charge in [-0.1, -0.05) is 6.07 Å². The van der Waals surface area contributed by atoms with Gasteiger partial charge in [-0.2, -0.15) is 0 Å². The van der Waals surface area contributed by atoms with E-state index in [9.17, 15) is 5.11 Å². The minimum atomic E-state index is 0.249. The van der Waals surface area contributed by atoms with Gasteiger partial charge >= 0.3 is 0 Å². The Hall–Kier alpha value is -1.55. The van der Waals surface area contributed by atoms with Gasteiger partial charge < -0.3 is 10.4 Å². The molecule has 0 saturated heterocycles. The van der Waals surface area contributed by atoms with E-state index in [1.165, 1.54) is 17.5 Å². The number of aromatic nitrogens is 1. The molecular weight excluding hydrogens is 304 g/mol. The molecule has 0 fully saturated rings. The number of anilines is 1. The molecule has 1 aromatic carbocycles. The van der Waals surface area contributed by atoms with E-state index in [2.05, 4.69) is 26.2 Å². The third-order valence-corrected chi connectivity index (χ3v) is 3.98. The summed E-state index contributed by atoms with van der Waals surface area (Å²) < 4.78 is 0.833. The van der Waals surface area contributed by atoms with Crippen molar-refractivity contribution in [2.45, 2.75) is 25.3 Å². The van der Waals surface area contributed by atoms with E-state index in [4.69, 9.17) is 0 Å². The molecule has 0 spiro atoms. The highest BCUT2D eigenvalue weighted by Gasteiger charge is 2.20. The lowest BCUT2D eigenvalue weighted by atomic mass is 9.87. The summed E-state index contributed by atoms with van der Waals surface area (Å²) in [5.41, 5.74) is 3.53. The van der Waals surface area contributed by atoms with E-state index < -0.39 is 0 Å². The molecular formula is C15H15BrN2O. The molecule has 1 aliphatic carbocycles. The Balaban J connectivity index is 1.87. The van der Waals surface area contributed by atoms with Gasteiger partial charge in [0.05, 0.1) is 17.9 Å². The second-order valence-electron chi connectivity index (χ2n) is 4.84. The number of fused-ring (bicyclic) bond motifs is 1. The van der Waals surface area contributed by atoms with Crippen LogP contribution in [-0.4, -0.2) is 10.1 Å². The summed E-state index contributed by atoms with van der Waals surface area (Å²) in [7, 11) is 0. The van der Waals surface area contributed by atoms with Crippen molar-refractivity contribution in [1.82, 2.24) is 4.98 Å². The monoisotopic (exact) mass is 318 g/mol. The highest BCUT2D eigenvalue weighted by atomic mass is 79.9. The van der Waals surface area contributed by atoms with Gasteiger partial charge in [0.1, 0.15) is 10.4 Å². The topological polar surface area (TPSA) is 45.1 Å². The number of benzene rings is 1. The van der Waals surface area contributed by atoms with Crippen LogP contribution in [0.1, 0.15) is 30.0 Å². The van der Waals surface area contributed by atoms with Crippen LogP contribution in [0.4, 0.5) is 5.69 Å². The fraction of sp³-hybridized carbons (Fsp3) is 0.267. The maximum absolute atomic E-state index is 9.66. The molecule has 0 aliphatic heterocycles. The molecule has 1 atom stereocenters. The Kier molecular flexibility index (Phi) is 3.42. The molecule has 1 unspecified atom stereocenters. The summed E-state index contributed by atoms with van der Waals surface area (Å²) in [6, 6.07) is 9.85. The Morgan fingerprint density at radius 3 is 2.95 bits per heavy atom. The number of aromatic hydroxyl groups is 1. The van der Waals surface area contributed by atoms with Crippen LogP contribution in [0.25, 0.3) is 0 Å². The maximum atomic E-state index is 9.66. The van der Waals surface area contributed by atoms with Gasteiger partial charge in [0.2, 0.25) is 0 Å². The molecule has 0 amide bonds. The first-order chi connectivity index (χ1) is 9.22. The van der Waals surface area contributed by atoms with E-state index in [0.717, 1.165) is 23.1 Å². The third-order valence-electron chi connectivity index (χ3n) is 3.51. The first-order valence-electron chi connectivity index (χ1n) is 6.42. The fourth-order valence-electron chi connectivity index (χ4n) is 2.60. The second kappa shape index (κ2) is 5.21. The van der Waals surface area contributed by atoms with Gasteiger partial charge in [0.25, 0.3) is 0 Å². The van der Waals surface area contributed by atoms with Crippen LogP contribution >= 0.6 is 15.9 Å². The Bertz CT molecular complexity index is 583. The van der Waals surface area contributed by atoms with E-state index >= 15 is 0 Å². The average Bonchev–Trinajstić information content (AvgIpc) is 2.42. The fourth-order valence-corrected chi connectivity index (χ4v) is 2.83. The summed E-state index contributed by atoms with van der Waals surface area (Å²) in [4.78, 5) is 4.22. The molecule has 1 aromatic heterocycles. The quantitative estimate of drug-likeness (QED) is 0.821. The zero-order valence-electron chi connectivity index (χ0n) is 10.4. The van der Waals surface area contributed by atoms with Crippen LogP contribution in [0.5, 0.6) is 5.75 Å². The molecule has 3 rings (SSSR count). The number of phenolic OH excluding ortho intramolecular Hbond substituents is 1. The van der Waals surface area contributed by atoms with Crippen molar-refractivity contribution in [1.29, 1.82) is 0 Å². The van der Waals surface area contributed by atoms with Gasteiger partial charge in [-0.15, -0.1) is 0 Å². The summed E-state index contributed by atoms with van der Waals surface area (Å²) in [6.45, 7) is 0. The van der Waals surface area contributed by atoms with Gasteiger partial charge in [-0.05, 0) is 70.6 Å². The van der Waals surface area contributed by atoms with Crippen LogP contribution in [0.15, 0.2) is 41.1 Å². The predicted molar refractivity (Wildman–Crippen MR) is 79.3 cm³/mol. The minimum Gasteiger partial charge on any atom is -0.508 e. The van der Waals surface area contributed by atoms with Crippen LogP contribution in [0, 0.1) is 0 Å². The molecule has 0 bridgehead atoms. The number of nitrogens with zero attached hydrogens (tertiary/aromatic N) is 1. The molecule has 4 heteroatoms. The van der Waals surface area contributed by atoms with Crippen molar-refractivity contribution in [2.24, 2.45) is 0 Å². The van der Waals surface area contributed by atoms with Crippen molar-refractivity contribution in [2.75, 3.05) is 5.32 Å². The Morgan fingerprint density at radius 2 is 2.16 bits per heavy atom. The highest BCUT2D eigenvalue weighted by molar-refractivity contribution is 9.10. The van der Waals surface area contributed by atoms with E-state index in [0.29, 0.717) is 5.75 Å². The summed E-state index contributed by atoms with van der Waals surface area (Å²) >= 11 is 3.33. The molecule has 3 nitrogen and oxygen atoms in total. The number of pyridine rings is 1. The lowest BCUT2D eigenvalue weighted by Crippen LogP contribution is -2.17. The van der Waals surface area contributed by atoms with Crippen molar-refractivity contribution in [3.63, 3.8) is 0 Å².